The molecule has 0 fully saturated rings. The number of fused-ring (bicyclic) bond motifs is 1. The highest BCUT2D eigenvalue weighted by molar-refractivity contribution is 6.30. The molecule has 0 aliphatic rings. The number of rotatable bonds is 9. The lowest BCUT2D eigenvalue weighted by Crippen LogP contribution is -2.25. The molecular formula is C28H25ClN2O3. The van der Waals surface area contributed by atoms with Gasteiger partial charge in [-0.3, -0.25) is 14.6 Å². The predicted molar refractivity (Wildman–Crippen MR) is 134 cm³/mol. The molecule has 1 amide bonds. The van der Waals surface area contributed by atoms with E-state index in [9.17, 15) is 9.59 Å². The van der Waals surface area contributed by atoms with Crippen molar-refractivity contribution in [1.82, 2.24) is 10.3 Å². The van der Waals surface area contributed by atoms with Gasteiger partial charge >= 0.3 is 5.97 Å². The van der Waals surface area contributed by atoms with Gasteiger partial charge in [-0.1, -0.05) is 60.1 Å². The maximum atomic E-state index is 12.5. The second-order valence-electron chi connectivity index (χ2n) is 8.18. The van der Waals surface area contributed by atoms with Crippen LogP contribution >= 0.6 is 11.6 Å². The number of aryl methyl sites for hydroxylation is 1. The maximum Gasteiger partial charge on any atom is 0.303 e. The second kappa shape index (κ2) is 10.9. The third kappa shape index (κ3) is 6.00. The molecule has 6 heteroatoms. The number of amides is 1. The summed E-state index contributed by atoms with van der Waals surface area (Å²) < 4.78 is 0. The summed E-state index contributed by atoms with van der Waals surface area (Å²) in [5.74, 6) is -0.922. The van der Waals surface area contributed by atoms with E-state index in [0.29, 0.717) is 30.0 Å². The molecular weight excluding hydrogens is 448 g/mol. The van der Waals surface area contributed by atoms with Gasteiger partial charge in [0.1, 0.15) is 0 Å². The minimum atomic E-state index is -0.817. The van der Waals surface area contributed by atoms with E-state index in [1.54, 1.807) is 6.20 Å². The number of aliphatic carboxylic acids is 1. The summed E-state index contributed by atoms with van der Waals surface area (Å²) in [5.41, 5.74) is 4.64. The molecule has 1 aromatic heterocycles. The third-order valence-electron chi connectivity index (χ3n) is 5.77. The summed E-state index contributed by atoms with van der Waals surface area (Å²) in [6.07, 6.45) is 3.67. The normalized spacial score (nSPS) is 10.9. The third-order valence-corrected chi connectivity index (χ3v) is 6.02. The summed E-state index contributed by atoms with van der Waals surface area (Å²) in [4.78, 5) is 28.1. The van der Waals surface area contributed by atoms with E-state index in [0.717, 1.165) is 39.6 Å². The Bertz CT molecular complexity index is 1300. The van der Waals surface area contributed by atoms with Crippen molar-refractivity contribution in [2.24, 2.45) is 0 Å². The van der Waals surface area contributed by atoms with Crippen molar-refractivity contribution in [3.63, 3.8) is 0 Å². The molecule has 2 N–H and O–H groups in total. The Morgan fingerprint density at radius 1 is 0.853 bits per heavy atom. The molecule has 0 spiro atoms. The van der Waals surface area contributed by atoms with Crippen LogP contribution in [0.1, 0.15) is 39.2 Å². The van der Waals surface area contributed by atoms with Crippen LogP contribution in [0.5, 0.6) is 0 Å². The molecule has 5 nitrogen and oxygen atoms in total. The van der Waals surface area contributed by atoms with E-state index in [4.69, 9.17) is 16.7 Å². The molecule has 172 valence electrons. The number of carbonyl (C=O) groups excluding carboxylic acids is 1. The molecule has 0 atom stereocenters. The molecule has 0 bridgehead atoms. The van der Waals surface area contributed by atoms with Gasteiger partial charge in [-0.05, 0) is 59.2 Å². The molecule has 0 aliphatic carbocycles. The van der Waals surface area contributed by atoms with Gasteiger partial charge in [0.05, 0.1) is 5.69 Å². The summed E-state index contributed by atoms with van der Waals surface area (Å²) >= 11 is 5.91. The zero-order chi connectivity index (χ0) is 23.9. The topological polar surface area (TPSA) is 79.3 Å². The van der Waals surface area contributed by atoms with E-state index in [2.05, 4.69) is 10.3 Å². The Morgan fingerprint density at radius 2 is 1.53 bits per heavy atom. The first kappa shape index (κ1) is 23.5. The first-order chi connectivity index (χ1) is 16.5. The lowest BCUT2D eigenvalue weighted by atomic mass is 9.98. The number of carboxylic acids is 1. The largest absolute Gasteiger partial charge is 0.481 e. The van der Waals surface area contributed by atoms with E-state index in [1.165, 1.54) is 0 Å². The van der Waals surface area contributed by atoms with Crippen LogP contribution in [-0.2, 0) is 24.1 Å². The Kier molecular flexibility index (Phi) is 7.55. The number of carbonyl (C=O) groups is 2. The highest BCUT2D eigenvalue weighted by atomic mass is 35.5. The van der Waals surface area contributed by atoms with E-state index in [-0.39, 0.29) is 12.3 Å². The lowest BCUT2D eigenvalue weighted by molar-refractivity contribution is -0.136. The summed E-state index contributed by atoms with van der Waals surface area (Å²) in [6, 6.07) is 23.1. The minimum Gasteiger partial charge on any atom is -0.481 e. The Balaban J connectivity index is 1.40. The number of hydrogen-bond donors (Lipinski definition) is 2. The average molecular weight is 473 g/mol. The van der Waals surface area contributed by atoms with Crippen LogP contribution in [0, 0.1) is 0 Å². The van der Waals surface area contributed by atoms with E-state index >= 15 is 0 Å². The van der Waals surface area contributed by atoms with Gasteiger partial charge in [0.2, 0.25) is 0 Å². The highest BCUT2D eigenvalue weighted by Crippen LogP contribution is 2.24. The van der Waals surface area contributed by atoms with Crippen LogP contribution in [0.2, 0.25) is 5.02 Å². The van der Waals surface area contributed by atoms with Crippen LogP contribution in [0.25, 0.3) is 10.8 Å². The molecule has 0 aliphatic heterocycles. The minimum absolute atomic E-state index is 0.0776. The van der Waals surface area contributed by atoms with Crippen LogP contribution in [-0.4, -0.2) is 28.5 Å². The number of carboxylic acid groups (broad SMARTS) is 1. The van der Waals surface area contributed by atoms with Crippen molar-refractivity contribution < 1.29 is 14.7 Å². The number of pyridine rings is 1. The molecule has 0 saturated heterocycles. The second-order valence-corrected chi connectivity index (χ2v) is 8.61. The first-order valence-corrected chi connectivity index (χ1v) is 11.6. The molecule has 3 aromatic carbocycles. The maximum absolute atomic E-state index is 12.5. The Hall–Kier alpha value is -3.70. The Labute approximate surface area is 203 Å². The van der Waals surface area contributed by atoms with Crippen LogP contribution in [0.15, 0.2) is 79.0 Å². The van der Waals surface area contributed by atoms with E-state index in [1.807, 2.05) is 72.8 Å². The van der Waals surface area contributed by atoms with Crippen molar-refractivity contribution >= 4 is 34.2 Å². The average Bonchev–Trinajstić information content (AvgIpc) is 2.85. The standard InChI is InChI=1S/C28H25ClN2O3/c29-23-12-7-19(8-13-23)15-16-30-28(34)21-9-5-20(6-10-21)17-26-25-4-2-1-3-24(25)22(18-31-26)11-14-27(32)33/h1-10,12-13,18H,11,14-17H2,(H,30,34)(H,32,33). The molecule has 0 radical (unpaired) electrons. The zero-order valence-corrected chi connectivity index (χ0v) is 19.4. The monoisotopic (exact) mass is 472 g/mol. The van der Waals surface area contributed by atoms with Crippen LogP contribution in [0.4, 0.5) is 0 Å². The van der Waals surface area contributed by atoms with Gasteiger partial charge in [-0.25, -0.2) is 0 Å². The summed E-state index contributed by atoms with van der Waals surface area (Å²) in [7, 11) is 0. The fourth-order valence-corrected chi connectivity index (χ4v) is 4.06. The SMILES string of the molecule is O=C(O)CCc1cnc(Cc2ccc(C(=O)NCCc3ccc(Cl)cc3)cc2)c2ccccc12. The van der Waals surface area contributed by atoms with Gasteiger partial charge in [-0.2, -0.15) is 0 Å². The number of halogens is 1. The van der Waals surface area contributed by atoms with Gasteiger partial charge in [0, 0.05) is 41.6 Å². The van der Waals surface area contributed by atoms with Gasteiger partial charge in [0.25, 0.3) is 5.91 Å². The van der Waals surface area contributed by atoms with Gasteiger partial charge in [-0.15, -0.1) is 0 Å². The van der Waals surface area contributed by atoms with Crippen molar-refractivity contribution in [3.8, 4) is 0 Å². The number of aromatic nitrogens is 1. The number of nitrogens with zero attached hydrogens (tertiary/aromatic N) is 1. The molecule has 0 unspecified atom stereocenters. The molecule has 4 aromatic rings. The first-order valence-electron chi connectivity index (χ1n) is 11.2. The number of hydrogen-bond acceptors (Lipinski definition) is 3. The predicted octanol–water partition coefficient (Wildman–Crippen LogP) is 5.47. The number of nitrogens with one attached hydrogen (secondary N) is 1. The summed E-state index contributed by atoms with van der Waals surface area (Å²) in [6.45, 7) is 0.548. The van der Waals surface area contributed by atoms with Crippen molar-refractivity contribution in [1.29, 1.82) is 0 Å². The molecule has 4 rings (SSSR count). The van der Waals surface area contributed by atoms with Gasteiger partial charge in [0.15, 0.2) is 0 Å². The summed E-state index contributed by atoms with van der Waals surface area (Å²) in [5, 5.41) is 14.7. The molecule has 0 saturated carbocycles. The quantitative estimate of drug-likeness (QED) is 0.338. The van der Waals surface area contributed by atoms with Gasteiger partial charge < -0.3 is 10.4 Å². The molecule has 34 heavy (non-hydrogen) atoms. The smallest absolute Gasteiger partial charge is 0.303 e. The van der Waals surface area contributed by atoms with Crippen molar-refractivity contribution in [2.75, 3.05) is 6.54 Å². The van der Waals surface area contributed by atoms with Crippen LogP contribution in [0.3, 0.4) is 0 Å². The fraction of sp³-hybridized carbons (Fsp3) is 0.179. The zero-order valence-electron chi connectivity index (χ0n) is 18.6. The number of benzene rings is 3. The Morgan fingerprint density at radius 3 is 2.24 bits per heavy atom. The fourth-order valence-electron chi connectivity index (χ4n) is 3.93. The van der Waals surface area contributed by atoms with Crippen molar-refractivity contribution in [3.05, 3.63) is 112 Å². The van der Waals surface area contributed by atoms with Crippen molar-refractivity contribution in [2.45, 2.75) is 25.7 Å². The highest BCUT2D eigenvalue weighted by Gasteiger charge is 2.11. The molecule has 1 heterocycles. The lowest BCUT2D eigenvalue weighted by Gasteiger charge is -2.11. The van der Waals surface area contributed by atoms with Crippen LogP contribution < -0.4 is 5.32 Å². The van der Waals surface area contributed by atoms with E-state index < -0.39 is 5.97 Å².